The number of hydrogen-bond donors (Lipinski definition) is 4. The number of ether oxygens (including phenoxy) is 5. The molecule has 4 aliphatic rings. The average molecular weight is 414 g/mol. The first-order chi connectivity index (χ1) is 13.8. The normalized spacial score (nSPS) is 43.1. The average Bonchev–Trinajstić information content (AvgIpc) is 3.21. The summed E-state index contributed by atoms with van der Waals surface area (Å²) in [7, 11) is 0. The second-order valence-corrected chi connectivity index (χ2v) is 7.35. The van der Waals surface area contributed by atoms with Crippen LogP contribution in [0.2, 0.25) is 0 Å². The molecule has 0 bridgehead atoms. The number of rotatable bonds is 5. The number of carbonyl (C=O) groups is 2. The van der Waals surface area contributed by atoms with Crippen LogP contribution in [0, 0.1) is 11.8 Å². The van der Waals surface area contributed by atoms with E-state index in [1.54, 1.807) is 6.08 Å². The molecule has 29 heavy (non-hydrogen) atoms. The van der Waals surface area contributed by atoms with Crippen molar-refractivity contribution < 1.29 is 53.7 Å². The van der Waals surface area contributed by atoms with E-state index in [9.17, 15) is 30.0 Å². The second-order valence-electron chi connectivity index (χ2n) is 7.35. The molecule has 4 rings (SSSR count). The van der Waals surface area contributed by atoms with Crippen LogP contribution in [-0.4, -0.2) is 88.7 Å². The number of carbonyl (C=O) groups excluding carboxylic acids is 2. The molecule has 3 aliphatic heterocycles. The lowest BCUT2D eigenvalue weighted by Crippen LogP contribution is -2.60. The van der Waals surface area contributed by atoms with Crippen LogP contribution in [0.3, 0.4) is 0 Å². The smallest absolute Gasteiger partial charge is 0.338 e. The first kappa shape index (κ1) is 20.3. The summed E-state index contributed by atoms with van der Waals surface area (Å²) in [5, 5.41) is 40.1. The Kier molecular flexibility index (Phi) is 5.36. The van der Waals surface area contributed by atoms with Crippen molar-refractivity contribution in [1.29, 1.82) is 0 Å². The van der Waals surface area contributed by atoms with Gasteiger partial charge in [0.1, 0.15) is 37.1 Å². The Morgan fingerprint density at radius 2 is 1.90 bits per heavy atom. The van der Waals surface area contributed by atoms with Crippen molar-refractivity contribution in [2.75, 3.05) is 13.2 Å². The summed E-state index contributed by atoms with van der Waals surface area (Å²) in [6.45, 7) is 0.517. The molecule has 2 saturated heterocycles. The summed E-state index contributed by atoms with van der Waals surface area (Å²) >= 11 is 0. The first-order valence-electron chi connectivity index (χ1n) is 9.18. The van der Waals surface area contributed by atoms with Crippen molar-refractivity contribution in [3.63, 3.8) is 0 Å². The van der Waals surface area contributed by atoms with E-state index in [-0.39, 0.29) is 13.2 Å². The molecule has 0 amide bonds. The van der Waals surface area contributed by atoms with Gasteiger partial charge in [0.25, 0.3) is 0 Å². The van der Waals surface area contributed by atoms with Crippen LogP contribution in [0.15, 0.2) is 23.5 Å². The molecular formula is C18H22O11. The van der Waals surface area contributed by atoms with Crippen LogP contribution in [0.5, 0.6) is 0 Å². The predicted molar refractivity (Wildman–Crippen MR) is 89.4 cm³/mol. The molecular weight excluding hydrogens is 392 g/mol. The highest BCUT2D eigenvalue weighted by Gasteiger charge is 2.56. The van der Waals surface area contributed by atoms with Crippen molar-refractivity contribution in [1.82, 2.24) is 0 Å². The van der Waals surface area contributed by atoms with Gasteiger partial charge in [0.2, 0.25) is 6.29 Å². The van der Waals surface area contributed by atoms with Gasteiger partial charge in [-0.25, -0.2) is 4.79 Å². The zero-order chi connectivity index (χ0) is 20.9. The van der Waals surface area contributed by atoms with Crippen molar-refractivity contribution >= 4 is 11.9 Å². The molecule has 3 heterocycles. The summed E-state index contributed by atoms with van der Waals surface area (Å²) in [6.07, 6.45) is -6.05. The molecule has 1 aliphatic carbocycles. The molecule has 2 fully saturated rings. The van der Waals surface area contributed by atoms with E-state index in [1.807, 2.05) is 0 Å². The Morgan fingerprint density at radius 1 is 1.14 bits per heavy atom. The fourth-order valence-corrected chi connectivity index (χ4v) is 4.14. The van der Waals surface area contributed by atoms with Crippen LogP contribution in [-0.2, 0) is 33.3 Å². The minimum absolute atomic E-state index is 0.309. The van der Waals surface area contributed by atoms with Crippen LogP contribution in [0.4, 0.5) is 0 Å². The number of aliphatic hydroxyl groups is 4. The zero-order valence-electron chi connectivity index (χ0n) is 15.4. The summed E-state index contributed by atoms with van der Waals surface area (Å²) in [5.41, 5.74) is 0.873. The molecule has 0 aromatic rings. The minimum atomic E-state index is -1.62. The van der Waals surface area contributed by atoms with Crippen molar-refractivity contribution in [3.05, 3.63) is 23.5 Å². The van der Waals surface area contributed by atoms with Crippen molar-refractivity contribution in [2.24, 2.45) is 11.8 Å². The van der Waals surface area contributed by atoms with Gasteiger partial charge in [0, 0.05) is 12.8 Å². The molecule has 0 saturated carbocycles. The van der Waals surface area contributed by atoms with Crippen LogP contribution in [0.25, 0.3) is 0 Å². The van der Waals surface area contributed by atoms with E-state index in [0.29, 0.717) is 11.1 Å². The van der Waals surface area contributed by atoms with Gasteiger partial charge in [-0.15, -0.1) is 0 Å². The maximum absolute atomic E-state index is 11.9. The van der Waals surface area contributed by atoms with E-state index >= 15 is 0 Å². The van der Waals surface area contributed by atoms with Gasteiger partial charge in [-0.3, -0.25) is 4.79 Å². The Morgan fingerprint density at radius 3 is 2.59 bits per heavy atom. The highest BCUT2D eigenvalue weighted by molar-refractivity contribution is 5.92. The maximum atomic E-state index is 11.9. The molecule has 4 N–H and O–H groups in total. The fraction of sp³-hybridized carbons (Fsp3) is 0.667. The molecule has 160 valence electrons. The molecule has 9 atom stereocenters. The van der Waals surface area contributed by atoms with E-state index in [0.717, 1.165) is 0 Å². The molecule has 0 radical (unpaired) electrons. The van der Waals surface area contributed by atoms with Crippen LogP contribution in [0.1, 0.15) is 6.92 Å². The monoisotopic (exact) mass is 414 g/mol. The lowest BCUT2D eigenvalue weighted by molar-refractivity contribution is -0.339. The van der Waals surface area contributed by atoms with Gasteiger partial charge in [0.05, 0.1) is 24.4 Å². The minimum Gasteiger partial charge on any atom is -0.471 e. The van der Waals surface area contributed by atoms with Gasteiger partial charge >= 0.3 is 11.9 Å². The lowest BCUT2D eigenvalue weighted by Gasteiger charge is -2.42. The number of hydrogen-bond acceptors (Lipinski definition) is 11. The predicted octanol–water partition coefficient (Wildman–Crippen LogP) is -2.30. The third kappa shape index (κ3) is 3.43. The summed E-state index contributed by atoms with van der Waals surface area (Å²) in [4.78, 5) is 22.9. The van der Waals surface area contributed by atoms with Crippen LogP contribution >= 0.6 is 0 Å². The molecule has 11 nitrogen and oxygen atoms in total. The van der Waals surface area contributed by atoms with Gasteiger partial charge < -0.3 is 44.1 Å². The van der Waals surface area contributed by atoms with Gasteiger partial charge in [-0.2, -0.15) is 0 Å². The van der Waals surface area contributed by atoms with Crippen LogP contribution < -0.4 is 0 Å². The number of aliphatic hydroxyl groups excluding tert-OH is 4. The molecule has 4 unspecified atom stereocenters. The Hall–Kier alpha value is -2.02. The fourth-order valence-electron chi connectivity index (χ4n) is 4.14. The van der Waals surface area contributed by atoms with Gasteiger partial charge in [0.15, 0.2) is 6.29 Å². The third-order valence-electron chi connectivity index (χ3n) is 5.58. The van der Waals surface area contributed by atoms with E-state index in [1.165, 1.54) is 13.2 Å². The van der Waals surface area contributed by atoms with Gasteiger partial charge in [-0.05, 0) is 11.6 Å². The molecule has 0 aromatic carbocycles. The quantitative estimate of drug-likeness (QED) is 0.283. The first-order valence-corrected chi connectivity index (χ1v) is 9.18. The summed E-state index contributed by atoms with van der Waals surface area (Å²) < 4.78 is 26.8. The molecule has 0 aromatic heterocycles. The largest absolute Gasteiger partial charge is 0.471 e. The molecule has 0 spiro atoms. The Bertz CT molecular complexity index is 746. The van der Waals surface area contributed by atoms with Crippen molar-refractivity contribution in [3.8, 4) is 0 Å². The Labute approximate surface area is 165 Å². The van der Waals surface area contributed by atoms with E-state index in [4.69, 9.17) is 23.7 Å². The summed E-state index contributed by atoms with van der Waals surface area (Å²) in [5.74, 6) is -2.09. The number of esters is 2. The second kappa shape index (κ2) is 7.67. The third-order valence-corrected chi connectivity index (χ3v) is 5.58. The van der Waals surface area contributed by atoms with Gasteiger partial charge in [-0.1, -0.05) is 0 Å². The topological polar surface area (TPSA) is 161 Å². The highest BCUT2D eigenvalue weighted by Crippen LogP contribution is 2.49. The zero-order valence-corrected chi connectivity index (χ0v) is 15.4. The lowest BCUT2D eigenvalue weighted by atomic mass is 9.84. The highest BCUT2D eigenvalue weighted by atomic mass is 16.8. The Balaban J connectivity index is 1.52. The summed E-state index contributed by atoms with van der Waals surface area (Å²) in [6, 6.07) is 0. The SMILES string of the molecule is CC(=O)OC[C@H]1OC(O[C@@H]2OC=C3C(=O)OC4C=C(CO)C2C34)[C@H](O)[C@@H](O)[C@@H]1O. The molecule has 11 heteroatoms. The van der Waals surface area contributed by atoms with E-state index < -0.39 is 66.9 Å². The van der Waals surface area contributed by atoms with E-state index in [2.05, 4.69) is 0 Å². The standard InChI is InChI=1S/C18H22O11/c1-6(20)25-5-10-13(21)14(22)15(23)18(28-10)29-17-11-7(3-19)2-9-12(11)8(4-26-17)16(24)27-9/h2,4,9-15,17-19,21-23H,3,5H2,1H3/t9?,10-,11?,12?,13-,14+,15-,17+,18?/m1/s1. The van der Waals surface area contributed by atoms with Crippen molar-refractivity contribution in [2.45, 2.75) is 50.0 Å². The maximum Gasteiger partial charge on any atom is 0.338 e.